The Hall–Kier alpha value is -3.82. The SMILES string of the molecule is CN(C)C=Nc1ccn([C@@H]2CO[C@H](COC(=O)C(c3ccccc3)c3ccccc3)O2)c(=O)n1. The Morgan fingerprint density at radius 3 is 2.38 bits per heavy atom. The number of rotatable bonds is 8. The smallest absolute Gasteiger partial charge is 0.351 e. The van der Waals surface area contributed by atoms with Crippen molar-refractivity contribution in [3.8, 4) is 0 Å². The number of benzene rings is 2. The zero-order valence-corrected chi connectivity index (χ0v) is 19.0. The van der Waals surface area contributed by atoms with Crippen LogP contribution >= 0.6 is 0 Å². The summed E-state index contributed by atoms with van der Waals surface area (Å²) in [4.78, 5) is 35.2. The van der Waals surface area contributed by atoms with E-state index in [0.717, 1.165) is 11.1 Å². The molecule has 2 atom stereocenters. The number of carbonyl (C=O) groups excluding carboxylic acids is 1. The molecule has 0 unspecified atom stereocenters. The summed E-state index contributed by atoms with van der Waals surface area (Å²) < 4.78 is 18.3. The van der Waals surface area contributed by atoms with Crippen LogP contribution in [0.25, 0.3) is 0 Å². The summed E-state index contributed by atoms with van der Waals surface area (Å²) >= 11 is 0. The molecule has 176 valence electrons. The lowest BCUT2D eigenvalue weighted by molar-refractivity contribution is -0.160. The van der Waals surface area contributed by atoms with E-state index in [0.29, 0.717) is 5.82 Å². The van der Waals surface area contributed by atoms with Crippen LogP contribution in [0.15, 0.2) is 82.7 Å². The van der Waals surface area contributed by atoms with Gasteiger partial charge in [-0.1, -0.05) is 60.7 Å². The number of aliphatic imine (C=N–C) groups is 1. The van der Waals surface area contributed by atoms with E-state index in [9.17, 15) is 9.59 Å². The summed E-state index contributed by atoms with van der Waals surface area (Å²) in [5.41, 5.74) is 1.16. The van der Waals surface area contributed by atoms with Crippen LogP contribution in [0.4, 0.5) is 5.82 Å². The van der Waals surface area contributed by atoms with Gasteiger partial charge in [0.2, 0.25) is 0 Å². The fourth-order valence-corrected chi connectivity index (χ4v) is 3.54. The Balaban J connectivity index is 1.39. The van der Waals surface area contributed by atoms with E-state index in [1.807, 2.05) is 74.8 Å². The lowest BCUT2D eigenvalue weighted by atomic mass is 9.91. The average Bonchev–Trinajstić information content (AvgIpc) is 3.32. The molecule has 0 amide bonds. The molecule has 34 heavy (non-hydrogen) atoms. The van der Waals surface area contributed by atoms with Crippen molar-refractivity contribution in [1.29, 1.82) is 0 Å². The number of hydrogen-bond acceptors (Lipinski definition) is 7. The molecule has 0 bridgehead atoms. The van der Waals surface area contributed by atoms with Gasteiger partial charge in [-0.2, -0.15) is 4.98 Å². The summed E-state index contributed by atoms with van der Waals surface area (Å²) in [6, 6.07) is 20.5. The highest BCUT2D eigenvalue weighted by Crippen LogP contribution is 2.27. The molecular formula is C25H26N4O5. The fourth-order valence-electron chi connectivity index (χ4n) is 3.54. The van der Waals surface area contributed by atoms with E-state index >= 15 is 0 Å². The van der Waals surface area contributed by atoms with Gasteiger partial charge in [-0.3, -0.25) is 9.36 Å². The molecule has 1 fully saturated rings. The minimum atomic E-state index is -0.792. The number of nitrogens with zero attached hydrogens (tertiary/aromatic N) is 4. The lowest BCUT2D eigenvalue weighted by Crippen LogP contribution is -2.28. The number of carbonyl (C=O) groups is 1. The highest BCUT2D eigenvalue weighted by molar-refractivity contribution is 5.82. The van der Waals surface area contributed by atoms with Gasteiger partial charge in [0.25, 0.3) is 0 Å². The van der Waals surface area contributed by atoms with Gasteiger partial charge >= 0.3 is 11.7 Å². The second-order valence-electron chi connectivity index (χ2n) is 7.92. The largest absolute Gasteiger partial charge is 0.460 e. The van der Waals surface area contributed by atoms with Crippen molar-refractivity contribution in [1.82, 2.24) is 14.5 Å². The Bertz CT molecular complexity index is 1140. The summed E-state index contributed by atoms with van der Waals surface area (Å²) in [6.45, 7) is 0.0316. The third kappa shape index (κ3) is 5.75. The van der Waals surface area contributed by atoms with Crippen molar-refractivity contribution >= 4 is 18.1 Å². The van der Waals surface area contributed by atoms with Gasteiger partial charge in [-0.15, -0.1) is 0 Å². The van der Waals surface area contributed by atoms with Crippen LogP contribution in [0.5, 0.6) is 0 Å². The third-order valence-corrected chi connectivity index (χ3v) is 5.14. The van der Waals surface area contributed by atoms with Gasteiger partial charge < -0.3 is 19.1 Å². The first-order valence-electron chi connectivity index (χ1n) is 10.8. The lowest BCUT2D eigenvalue weighted by Gasteiger charge is -2.18. The first kappa shape index (κ1) is 23.3. The Morgan fingerprint density at radius 1 is 1.15 bits per heavy atom. The molecular weight excluding hydrogens is 436 g/mol. The first-order chi connectivity index (χ1) is 16.5. The van der Waals surface area contributed by atoms with E-state index in [-0.39, 0.29) is 13.2 Å². The van der Waals surface area contributed by atoms with Crippen molar-refractivity contribution in [2.24, 2.45) is 4.99 Å². The molecule has 1 aliphatic rings. The van der Waals surface area contributed by atoms with Crippen molar-refractivity contribution in [3.05, 3.63) is 94.5 Å². The third-order valence-electron chi connectivity index (χ3n) is 5.14. The van der Waals surface area contributed by atoms with Crippen LogP contribution in [-0.2, 0) is 19.0 Å². The molecule has 1 saturated heterocycles. The van der Waals surface area contributed by atoms with E-state index in [1.165, 1.54) is 4.57 Å². The molecule has 0 spiro atoms. The van der Waals surface area contributed by atoms with E-state index in [1.54, 1.807) is 23.5 Å². The number of ether oxygens (including phenoxy) is 3. The predicted octanol–water partition coefficient (Wildman–Crippen LogP) is 2.71. The van der Waals surface area contributed by atoms with Crippen LogP contribution in [-0.4, -0.2) is 60.4 Å². The molecule has 1 aromatic heterocycles. The molecule has 4 rings (SSSR count). The zero-order chi connectivity index (χ0) is 23.9. The van der Waals surface area contributed by atoms with Gasteiger partial charge in [0.1, 0.15) is 12.5 Å². The normalized spacial score (nSPS) is 17.9. The predicted molar refractivity (Wildman–Crippen MR) is 126 cm³/mol. The minimum absolute atomic E-state index is 0.0983. The van der Waals surface area contributed by atoms with E-state index in [4.69, 9.17) is 14.2 Å². The average molecular weight is 463 g/mol. The van der Waals surface area contributed by atoms with E-state index < -0.39 is 30.1 Å². The van der Waals surface area contributed by atoms with Crippen molar-refractivity contribution < 1.29 is 19.0 Å². The van der Waals surface area contributed by atoms with Crippen LogP contribution in [0.1, 0.15) is 23.3 Å². The van der Waals surface area contributed by atoms with Gasteiger partial charge in [-0.25, -0.2) is 9.79 Å². The standard InChI is InChI=1S/C25H26N4O5/c1-28(2)17-26-20-13-14-29(25(31)27-20)21-15-32-22(34-21)16-33-24(30)23(18-9-5-3-6-10-18)19-11-7-4-8-12-19/h3-14,17,21-23H,15-16H2,1-2H3/t21-,22-/m0/s1. The van der Waals surface area contributed by atoms with Gasteiger partial charge in [0, 0.05) is 20.3 Å². The molecule has 9 nitrogen and oxygen atoms in total. The summed E-state index contributed by atoms with van der Waals surface area (Å²) in [6.07, 6.45) is 1.65. The van der Waals surface area contributed by atoms with Crippen molar-refractivity contribution in [2.45, 2.75) is 18.4 Å². The second kappa shape index (κ2) is 10.9. The Labute approximate surface area is 197 Å². The van der Waals surface area contributed by atoms with Gasteiger partial charge in [0.05, 0.1) is 12.9 Å². The zero-order valence-electron chi connectivity index (χ0n) is 19.0. The fraction of sp³-hybridized carbons (Fsp3) is 0.280. The molecule has 3 aromatic rings. The molecule has 2 aromatic carbocycles. The van der Waals surface area contributed by atoms with Crippen molar-refractivity contribution in [2.75, 3.05) is 27.3 Å². The van der Waals surface area contributed by atoms with Gasteiger partial charge in [-0.05, 0) is 17.2 Å². The van der Waals surface area contributed by atoms with E-state index in [2.05, 4.69) is 9.98 Å². The van der Waals surface area contributed by atoms with Crippen LogP contribution in [0, 0.1) is 0 Å². The molecule has 0 radical (unpaired) electrons. The van der Waals surface area contributed by atoms with Gasteiger partial charge in [0.15, 0.2) is 18.3 Å². The highest BCUT2D eigenvalue weighted by Gasteiger charge is 2.31. The first-order valence-corrected chi connectivity index (χ1v) is 10.8. The van der Waals surface area contributed by atoms with Crippen LogP contribution in [0.3, 0.4) is 0 Å². The second-order valence-corrected chi connectivity index (χ2v) is 7.92. The molecule has 2 heterocycles. The quantitative estimate of drug-likeness (QED) is 0.289. The minimum Gasteiger partial charge on any atom is -0.460 e. The molecule has 0 saturated carbocycles. The maximum atomic E-state index is 13.0. The molecule has 1 aliphatic heterocycles. The van der Waals surface area contributed by atoms with Crippen molar-refractivity contribution in [3.63, 3.8) is 0 Å². The van der Waals surface area contributed by atoms with Crippen LogP contribution < -0.4 is 5.69 Å². The maximum absolute atomic E-state index is 13.0. The summed E-state index contributed by atoms with van der Waals surface area (Å²) in [5, 5.41) is 0. The van der Waals surface area contributed by atoms with Crippen LogP contribution in [0.2, 0.25) is 0 Å². The monoisotopic (exact) mass is 462 g/mol. The molecule has 0 N–H and O–H groups in total. The number of aromatic nitrogens is 2. The highest BCUT2D eigenvalue weighted by atomic mass is 16.7. The Kier molecular flexibility index (Phi) is 7.46. The number of hydrogen-bond donors (Lipinski definition) is 0. The summed E-state index contributed by atoms with van der Waals surface area (Å²) in [7, 11) is 3.65. The maximum Gasteiger partial charge on any atom is 0.351 e. The molecule has 0 aliphatic carbocycles. The number of esters is 1. The molecule has 9 heteroatoms. The summed E-state index contributed by atoms with van der Waals surface area (Å²) in [5.74, 6) is -0.677. The Morgan fingerprint density at radius 2 is 1.79 bits per heavy atom. The topological polar surface area (TPSA) is 95.3 Å².